The molecule has 0 spiro atoms. The summed E-state index contributed by atoms with van der Waals surface area (Å²) in [6.45, 7) is 1.11. The summed E-state index contributed by atoms with van der Waals surface area (Å²) in [5.41, 5.74) is 0.690. The molecular weight excluding hydrogens is 458 g/mol. The van der Waals surface area contributed by atoms with Gasteiger partial charge in [0.1, 0.15) is 11.5 Å². The lowest BCUT2D eigenvalue weighted by molar-refractivity contribution is -0.134. The molecule has 0 bridgehead atoms. The Morgan fingerprint density at radius 3 is 2.42 bits per heavy atom. The topological polar surface area (TPSA) is 55.8 Å². The summed E-state index contributed by atoms with van der Waals surface area (Å²) in [5.74, 6) is 1.39. The molecule has 1 saturated heterocycles. The number of fused-ring (bicyclic) bond motifs is 1. The van der Waals surface area contributed by atoms with Gasteiger partial charge in [-0.3, -0.25) is 9.59 Å². The van der Waals surface area contributed by atoms with Crippen LogP contribution in [0.25, 0.3) is 10.8 Å². The van der Waals surface area contributed by atoms with Crippen LogP contribution < -0.4 is 9.47 Å². The van der Waals surface area contributed by atoms with E-state index < -0.39 is 0 Å². The average Bonchev–Trinajstić information content (AvgIpc) is 2.83. The van der Waals surface area contributed by atoms with E-state index in [9.17, 15) is 9.59 Å². The molecule has 1 heterocycles. The van der Waals surface area contributed by atoms with Crippen LogP contribution in [-0.4, -0.2) is 43.4 Å². The molecule has 3 aromatic carbocycles. The van der Waals surface area contributed by atoms with Gasteiger partial charge in [0.25, 0.3) is 5.91 Å². The minimum atomic E-state index is -0.0620. The van der Waals surface area contributed by atoms with E-state index in [-0.39, 0.29) is 24.2 Å². The molecule has 3 aromatic rings. The molecule has 1 fully saturated rings. The molecule has 4 rings (SSSR count). The van der Waals surface area contributed by atoms with Crippen molar-refractivity contribution in [1.82, 2.24) is 4.90 Å². The Balaban J connectivity index is 1.31. The molecule has 1 aliphatic heterocycles. The minimum Gasteiger partial charge on any atom is -0.497 e. The van der Waals surface area contributed by atoms with Gasteiger partial charge in [0.15, 0.2) is 12.4 Å². The maximum atomic E-state index is 12.8. The van der Waals surface area contributed by atoms with Crippen molar-refractivity contribution >= 4 is 38.4 Å². The number of ketones is 1. The van der Waals surface area contributed by atoms with Gasteiger partial charge < -0.3 is 14.4 Å². The molecule has 0 aliphatic carbocycles. The number of rotatable bonds is 6. The standard InChI is InChI=1S/C25H24BrNO4/c1-30-20-9-6-18(7-10-20)25(29)19-12-14-27(15-13-19)23(28)16-31-22-11-8-17-4-2-3-5-21(17)24(22)26/h2-11,19H,12-16H2,1H3. The third-order valence-electron chi connectivity index (χ3n) is 5.77. The molecule has 0 N–H and O–H groups in total. The van der Waals surface area contributed by atoms with E-state index in [0.717, 1.165) is 21.0 Å². The van der Waals surface area contributed by atoms with Gasteiger partial charge in [0, 0.05) is 24.6 Å². The number of carbonyl (C=O) groups is 2. The second-order valence-corrected chi connectivity index (χ2v) is 8.43. The van der Waals surface area contributed by atoms with Gasteiger partial charge in [-0.05, 0) is 69.9 Å². The Kier molecular flexibility index (Phi) is 6.56. The van der Waals surface area contributed by atoms with Crippen LogP contribution in [0.5, 0.6) is 11.5 Å². The Hall–Kier alpha value is -2.86. The highest BCUT2D eigenvalue weighted by Gasteiger charge is 2.28. The van der Waals surface area contributed by atoms with E-state index in [1.165, 1.54) is 0 Å². The highest BCUT2D eigenvalue weighted by atomic mass is 79.9. The summed E-state index contributed by atoms with van der Waals surface area (Å²) in [6.07, 6.45) is 1.33. The van der Waals surface area contributed by atoms with Crippen molar-refractivity contribution in [2.24, 2.45) is 5.92 Å². The minimum absolute atomic E-state index is 0.0198. The molecule has 6 heteroatoms. The fraction of sp³-hybridized carbons (Fsp3) is 0.280. The van der Waals surface area contributed by atoms with Crippen molar-refractivity contribution < 1.29 is 19.1 Å². The Labute approximate surface area is 190 Å². The lowest BCUT2D eigenvalue weighted by atomic mass is 9.89. The third-order valence-corrected chi connectivity index (χ3v) is 6.59. The number of amides is 1. The molecule has 1 aliphatic rings. The number of hydrogen-bond donors (Lipinski definition) is 0. The van der Waals surface area contributed by atoms with Crippen molar-refractivity contribution in [3.8, 4) is 11.5 Å². The van der Waals surface area contributed by atoms with Crippen molar-refractivity contribution in [3.63, 3.8) is 0 Å². The summed E-state index contributed by atoms with van der Waals surface area (Å²) in [4.78, 5) is 27.2. The van der Waals surface area contributed by atoms with Gasteiger partial charge in [0.05, 0.1) is 11.6 Å². The molecule has 0 unspecified atom stereocenters. The Bertz CT molecular complexity index is 1090. The van der Waals surface area contributed by atoms with Crippen molar-refractivity contribution in [1.29, 1.82) is 0 Å². The van der Waals surface area contributed by atoms with Gasteiger partial charge in [-0.2, -0.15) is 0 Å². The quantitative estimate of drug-likeness (QED) is 0.459. The van der Waals surface area contributed by atoms with Crippen LogP contribution in [0.15, 0.2) is 65.1 Å². The maximum Gasteiger partial charge on any atom is 0.260 e. The molecule has 0 radical (unpaired) electrons. The number of likely N-dealkylation sites (tertiary alicyclic amines) is 1. The summed E-state index contributed by atoms with van der Waals surface area (Å²) >= 11 is 3.59. The zero-order valence-electron chi connectivity index (χ0n) is 17.3. The Morgan fingerprint density at radius 2 is 1.71 bits per heavy atom. The number of carbonyl (C=O) groups excluding carboxylic acids is 2. The van der Waals surface area contributed by atoms with Gasteiger partial charge in [-0.25, -0.2) is 0 Å². The second-order valence-electron chi connectivity index (χ2n) is 7.64. The van der Waals surface area contributed by atoms with Gasteiger partial charge >= 0.3 is 0 Å². The first kappa shape index (κ1) is 21.4. The van der Waals surface area contributed by atoms with E-state index in [0.29, 0.717) is 37.2 Å². The zero-order chi connectivity index (χ0) is 21.8. The summed E-state index contributed by atoms with van der Waals surface area (Å²) < 4.78 is 11.8. The van der Waals surface area contributed by atoms with Crippen LogP contribution in [0.2, 0.25) is 0 Å². The van der Waals surface area contributed by atoms with Crippen LogP contribution in [0, 0.1) is 5.92 Å². The fourth-order valence-electron chi connectivity index (χ4n) is 3.94. The predicted octanol–water partition coefficient (Wildman–Crippen LogP) is 5.11. The highest BCUT2D eigenvalue weighted by molar-refractivity contribution is 9.10. The molecule has 1 amide bonds. The second kappa shape index (κ2) is 9.52. The van der Waals surface area contributed by atoms with E-state index in [2.05, 4.69) is 15.9 Å². The van der Waals surface area contributed by atoms with Crippen LogP contribution in [-0.2, 0) is 4.79 Å². The number of ether oxygens (including phenoxy) is 2. The first-order valence-corrected chi connectivity index (χ1v) is 11.1. The molecule has 0 aromatic heterocycles. The van der Waals surface area contributed by atoms with E-state index in [1.807, 2.05) is 36.4 Å². The number of nitrogens with zero attached hydrogens (tertiary/aromatic N) is 1. The van der Waals surface area contributed by atoms with Crippen LogP contribution in [0.3, 0.4) is 0 Å². The van der Waals surface area contributed by atoms with Crippen molar-refractivity contribution in [2.75, 3.05) is 26.8 Å². The monoisotopic (exact) mass is 481 g/mol. The van der Waals surface area contributed by atoms with E-state index in [1.54, 1.807) is 36.3 Å². The highest BCUT2D eigenvalue weighted by Crippen LogP contribution is 2.33. The first-order valence-electron chi connectivity index (χ1n) is 10.3. The number of Topliss-reactive ketones (excluding diaryl/α,β-unsaturated/α-hetero) is 1. The number of piperidine rings is 1. The maximum absolute atomic E-state index is 12.8. The number of halogens is 1. The van der Waals surface area contributed by atoms with Gasteiger partial charge in [-0.15, -0.1) is 0 Å². The van der Waals surface area contributed by atoms with E-state index in [4.69, 9.17) is 9.47 Å². The van der Waals surface area contributed by atoms with Gasteiger partial charge in [-0.1, -0.05) is 30.3 Å². The molecule has 0 saturated carbocycles. The number of hydrogen-bond acceptors (Lipinski definition) is 4. The van der Waals surface area contributed by atoms with Crippen LogP contribution in [0.1, 0.15) is 23.2 Å². The van der Waals surface area contributed by atoms with Gasteiger partial charge in [0.2, 0.25) is 0 Å². The average molecular weight is 482 g/mol. The largest absolute Gasteiger partial charge is 0.497 e. The van der Waals surface area contributed by atoms with E-state index >= 15 is 0 Å². The molecule has 0 atom stereocenters. The summed E-state index contributed by atoms with van der Waals surface area (Å²) in [6, 6.07) is 19.1. The fourth-order valence-corrected chi connectivity index (χ4v) is 4.55. The van der Waals surface area contributed by atoms with Crippen LogP contribution >= 0.6 is 15.9 Å². The first-order chi connectivity index (χ1) is 15.1. The van der Waals surface area contributed by atoms with Crippen LogP contribution in [0.4, 0.5) is 0 Å². The summed E-state index contributed by atoms with van der Waals surface area (Å²) in [5, 5.41) is 2.15. The SMILES string of the molecule is COc1ccc(C(=O)C2CCN(C(=O)COc3ccc4ccccc4c3Br)CC2)cc1. The number of benzene rings is 3. The zero-order valence-corrected chi connectivity index (χ0v) is 18.9. The third kappa shape index (κ3) is 4.74. The Morgan fingerprint density at radius 1 is 1.00 bits per heavy atom. The normalized spacial score (nSPS) is 14.5. The van der Waals surface area contributed by atoms with Crippen molar-refractivity contribution in [3.05, 3.63) is 70.7 Å². The smallest absolute Gasteiger partial charge is 0.260 e. The van der Waals surface area contributed by atoms with Crippen molar-refractivity contribution in [2.45, 2.75) is 12.8 Å². The predicted molar refractivity (Wildman–Crippen MR) is 124 cm³/mol. The lowest BCUT2D eigenvalue weighted by Gasteiger charge is -2.31. The molecule has 160 valence electrons. The lowest BCUT2D eigenvalue weighted by Crippen LogP contribution is -2.42. The molecule has 31 heavy (non-hydrogen) atoms. The summed E-state index contributed by atoms with van der Waals surface area (Å²) in [7, 11) is 1.60. The molecular formula is C25H24BrNO4. The number of methoxy groups -OCH3 is 1. The molecule has 5 nitrogen and oxygen atoms in total.